The summed E-state index contributed by atoms with van der Waals surface area (Å²) in [5.74, 6) is 0.123. The van der Waals surface area contributed by atoms with E-state index in [0.29, 0.717) is 0 Å². The minimum atomic E-state index is -3.80. The van der Waals surface area contributed by atoms with Gasteiger partial charge < -0.3 is 25.2 Å². The number of benzene rings is 1. The summed E-state index contributed by atoms with van der Waals surface area (Å²) >= 11 is 0. The number of ether oxygens (including phenoxy) is 2. The number of carbonyl (C=O) groups is 2. The minimum Gasteiger partial charge on any atom is -0.444 e. The van der Waals surface area contributed by atoms with E-state index in [1.165, 1.54) is 0 Å². The lowest BCUT2D eigenvalue weighted by Crippen LogP contribution is -2.45. The van der Waals surface area contributed by atoms with Gasteiger partial charge in [-0.15, -0.1) is 0 Å². The number of nitrogens with one attached hydrogen (secondary N) is 2. The van der Waals surface area contributed by atoms with Crippen LogP contribution in [0.5, 0.6) is 0 Å². The van der Waals surface area contributed by atoms with Gasteiger partial charge in [0.05, 0.1) is 11.5 Å². The van der Waals surface area contributed by atoms with Crippen LogP contribution >= 0.6 is 0 Å². The molecule has 0 bridgehead atoms. The molecule has 0 aliphatic heterocycles. The zero-order valence-electron chi connectivity index (χ0n) is 26.4. The van der Waals surface area contributed by atoms with Crippen molar-refractivity contribution in [1.29, 1.82) is 0 Å². The van der Waals surface area contributed by atoms with E-state index in [1.807, 2.05) is 48.5 Å². The van der Waals surface area contributed by atoms with Crippen molar-refractivity contribution in [3.8, 4) is 0 Å². The highest BCUT2D eigenvalue weighted by Crippen LogP contribution is 2.27. The Hall–Kier alpha value is -2.37. The smallest absolute Gasteiger partial charge is 0.407 e. The van der Waals surface area contributed by atoms with Crippen molar-refractivity contribution >= 4 is 22.3 Å². The first-order valence-electron chi connectivity index (χ1n) is 15.0. The van der Waals surface area contributed by atoms with E-state index >= 15 is 0 Å². The highest BCUT2D eigenvalue weighted by atomic mass is 32.2. The van der Waals surface area contributed by atoms with Crippen molar-refractivity contribution in [2.75, 3.05) is 13.2 Å². The van der Waals surface area contributed by atoms with Crippen LogP contribution < -0.4 is 10.6 Å². The van der Waals surface area contributed by atoms with Gasteiger partial charge in [-0.1, -0.05) is 43.4 Å². The van der Waals surface area contributed by atoms with Gasteiger partial charge in [0.2, 0.25) is 0 Å². The number of carbonyl (C=O) groups excluding carboxylic acids is 2. The van der Waals surface area contributed by atoms with Crippen LogP contribution in [0.1, 0.15) is 98.5 Å². The molecule has 0 radical (unpaired) electrons. The lowest BCUT2D eigenvalue weighted by atomic mass is 9.85. The fourth-order valence-corrected chi connectivity index (χ4v) is 6.04. The first-order chi connectivity index (χ1) is 19.5. The SMILES string of the molecule is CC(C)(C)OC(=O)N[C@@H]1CCCC[C@H]1CO.Cc1ccc(S(=O)(=O)OC[C@@H]2CCCC[C@H]2NC(=O)OC(C)(C)C)cc1. The summed E-state index contributed by atoms with van der Waals surface area (Å²) in [4.78, 5) is 23.8. The van der Waals surface area contributed by atoms with Gasteiger partial charge in [0.15, 0.2) is 0 Å². The molecule has 2 aliphatic rings. The number of hydrogen-bond donors (Lipinski definition) is 3. The summed E-state index contributed by atoms with van der Waals surface area (Å²) in [5.41, 5.74) is -0.0506. The lowest BCUT2D eigenvalue weighted by molar-refractivity contribution is 0.0436. The number of amides is 2. The number of rotatable bonds is 7. The van der Waals surface area contributed by atoms with Crippen molar-refractivity contribution in [1.82, 2.24) is 10.6 Å². The molecule has 0 unspecified atom stereocenters. The van der Waals surface area contributed by atoms with Crippen LogP contribution in [0.25, 0.3) is 0 Å². The Labute approximate surface area is 252 Å². The Morgan fingerprint density at radius 1 is 0.786 bits per heavy atom. The van der Waals surface area contributed by atoms with Crippen LogP contribution in [0.3, 0.4) is 0 Å². The molecule has 11 heteroatoms. The molecule has 3 rings (SSSR count). The number of alkyl carbamates (subject to hydrolysis) is 2. The minimum absolute atomic E-state index is 0.0523. The van der Waals surface area contributed by atoms with Gasteiger partial charge in [-0.3, -0.25) is 4.18 Å². The van der Waals surface area contributed by atoms with Gasteiger partial charge in [-0.2, -0.15) is 8.42 Å². The molecular formula is C31H52N2O8S. The van der Waals surface area contributed by atoms with Crippen LogP contribution in [-0.4, -0.2) is 62.2 Å². The average Bonchev–Trinajstić information content (AvgIpc) is 2.87. The molecule has 2 saturated carbocycles. The first kappa shape index (κ1) is 35.8. The summed E-state index contributed by atoms with van der Waals surface area (Å²) in [5, 5.41) is 14.9. The van der Waals surface area contributed by atoms with E-state index in [9.17, 15) is 23.1 Å². The molecule has 2 aliphatic carbocycles. The number of aryl methyl sites for hydroxylation is 1. The summed E-state index contributed by atoms with van der Waals surface area (Å²) in [6.07, 6.45) is 6.89. The van der Waals surface area contributed by atoms with Crippen molar-refractivity contribution < 1.29 is 36.8 Å². The van der Waals surface area contributed by atoms with Gasteiger partial charge in [0, 0.05) is 30.5 Å². The van der Waals surface area contributed by atoms with Crippen molar-refractivity contribution in [2.24, 2.45) is 11.8 Å². The van der Waals surface area contributed by atoms with E-state index in [4.69, 9.17) is 13.7 Å². The molecule has 1 aromatic carbocycles. The second-order valence-corrected chi connectivity index (χ2v) is 14.9. The number of aliphatic hydroxyl groups is 1. The van der Waals surface area contributed by atoms with Crippen LogP contribution in [0, 0.1) is 18.8 Å². The van der Waals surface area contributed by atoms with Crippen molar-refractivity contribution in [3.05, 3.63) is 29.8 Å². The van der Waals surface area contributed by atoms with Gasteiger partial charge in [0.1, 0.15) is 11.2 Å². The first-order valence-corrected chi connectivity index (χ1v) is 16.5. The molecule has 0 saturated heterocycles. The summed E-state index contributed by atoms with van der Waals surface area (Å²) in [7, 11) is -3.80. The number of aliphatic hydroxyl groups excluding tert-OH is 1. The molecule has 1 aromatic rings. The van der Waals surface area contributed by atoms with E-state index in [0.717, 1.165) is 56.9 Å². The van der Waals surface area contributed by atoms with Crippen LogP contribution in [-0.2, 0) is 23.8 Å². The lowest BCUT2D eigenvalue weighted by Gasteiger charge is -2.32. The largest absolute Gasteiger partial charge is 0.444 e. The second-order valence-electron chi connectivity index (χ2n) is 13.3. The fraction of sp³-hybridized carbons (Fsp3) is 0.742. The molecule has 0 spiro atoms. The third kappa shape index (κ3) is 13.3. The maximum atomic E-state index is 12.4. The topological polar surface area (TPSA) is 140 Å². The molecule has 2 amide bonds. The normalized spacial score (nSPS) is 23.1. The van der Waals surface area contributed by atoms with E-state index in [1.54, 1.807) is 24.3 Å². The molecule has 3 N–H and O–H groups in total. The third-order valence-electron chi connectivity index (χ3n) is 7.20. The monoisotopic (exact) mass is 612 g/mol. The number of hydrogen-bond acceptors (Lipinski definition) is 8. The highest BCUT2D eigenvalue weighted by molar-refractivity contribution is 7.86. The molecule has 0 aromatic heterocycles. The maximum absolute atomic E-state index is 12.4. The zero-order valence-corrected chi connectivity index (χ0v) is 27.2. The van der Waals surface area contributed by atoms with Crippen LogP contribution in [0.15, 0.2) is 29.2 Å². The van der Waals surface area contributed by atoms with E-state index < -0.39 is 27.4 Å². The molecule has 4 atom stereocenters. The predicted octanol–water partition coefficient (Wildman–Crippen LogP) is 5.85. The van der Waals surface area contributed by atoms with Gasteiger partial charge >= 0.3 is 12.2 Å². The molecule has 0 heterocycles. The summed E-state index contributed by atoms with van der Waals surface area (Å²) in [6, 6.07) is 6.48. The third-order valence-corrected chi connectivity index (χ3v) is 8.50. The van der Waals surface area contributed by atoms with Crippen LogP contribution in [0.4, 0.5) is 9.59 Å². The van der Waals surface area contributed by atoms with Gasteiger partial charge in [-0.05, 0) is 86.3 Å². The Morgan fingerprint density at radius 3 is 1.67 bits per heavy atom. The standard InChI is InChI=1S/C19H29NO5S.C12H23NO3/c1-14-9-11-16(12-10-14)26(22,23)24-13-15-7-5-6-8-17(15)20-18(21)25-19(2,3)4;1-12(2,3)16-11(15)13-10-7-5-4-6-9(10)8-14/h9-12,15,17H,5-8,13H2,1-4H3,(H,20,21);9-10,14H,4-8H2,1-3H3,(H,13,15)/t15-,17+;9-,10+/m00/s1. The second kappa shape index (κ2) is 15.9. The fourth-order valence-electron chi connectivity index (χ4n) is 5.08. The molecule has 42 heavy (non-hydrogen) atoms. The van der Waals surface area contributed by atoms with E-state index in [2.05, 4.69) is 10.6 Å². The van der Waals surface area contributed by atoms with Crippen molar-refractivity contribution in [3.63, 3.8) is 0 Å². The predicted molar refractivity (Wildman–Crippen MR) is 162 cm³/mol. The highest BCUT2D eigenvalue weighted by Gasteiger charge is 2.31. The van der Waals surface area contributed by atoms with Gasteiger partial charge in [-0.25, -0.2) is 9.59 Å². The zero-order chi connectivity index (χ0) is 31.6. The van der Waals surface area contributed by atoms with Gasteiger partial charge in [0.25, 0.3) is 10.1 Å². The van der Waals surface area contributed by atoms with Crippen molar-refractivity contribution in [2.45, 2.75) is 128 Å². The Bertz CT molecular complexity index is 1090. The molecule has 10 nitrogen and oxygen atoms in total. The van der Waals surface area contributed by atoms with Crippen LogP contribution in [0.2, 0.25) is 0 Å². The quantitative estimate of drug-likeness (QED) is 0.326. The molecular weight excluding hydrogens is 560 g/mol. The average molecular weight is 613 g/mol. The molecule has 240 valence electrons. The Kier molecular flexibility index (Phi) is 13.6. The summed E-state index contributed by atoms with van der Waals surface area (Å²) < 4.78 is 40.5. The van der Waals surface area contributed by atoms with E-state index in [-0.39, 0.29) is 48.1 Å². The Morgan fingerprint density at radius 2 is 1.21 bits per heavy atom. The maximum Gasteiger partial charge on any atom is 0.407 e. The Balaban J connectivity index is 0.000000330. The molecule has 2 fully saturated rings. The summed E-state index contributed by atoms with van der Waals surface area (Å²) in [6.45, 7) is 13.0.